The molecule has 7 heteroatoms. The molecule has 4 nitrogen and oxygen atoms in total. The second-order valence-electron chi connectivity index (χ2n) is 8.61. The maximum absolute atomic E-state index is 13.3. The van der Waals surface area contributed by atoms with Gasteiger partial charge in [0.1, 0.15) is 5.75 Å². The summed E-state index contributed by atoms with van der Waals surface area (Å²) in [5.74, 6) is 0.793. The predicted octanol–water partition coefficient (Wildman–Crippen LogP) is 4.87. The van der Waals surface area contributed by atoms with E-state index in [1.165, 1.54) is 18.6 Å². The SMILES string of the molecule is COc1cccc2c1CCN(C(=O)Cc1ccc(C(F)(F)F)cc1)C2CN1CCCCC1. The van der Waals surface area contributed by atoms with Crippen molar-refractivity contribution < 1.29 is 22.7 Å². The summed E-state index contributed by atoms with van der Waals surface area (Å²) in [7, 11) is 1.66. The fourth-order valence-electron chi connectivity index (χ4n) is 4.88. The summed E-state index contributed by atoms with van der Waals surface area (Å²) >= 11 is 0. The molecule has 2 aromatic carbocycles. The minimum Gasteiger partial charge on any atom is -0.496 e. The van der Waals surface area contributed by atoms with Crippen molar-refractivity contribution in [3.05, 3.63) is 64.7 Å². The van der Waals surface area contributed by atoms with Crippen molar-refractivity contribution in [2.75, 3.05) is 33.3 Å². The van der Waals surface area contributed by atoms with Gasteiger partial charge in [0, 0.05) is 18.7 Å². The first kappa shape index (κ1) is 22.6. The third-order valence-corrected chi connectivity index (χ3v) is 6.56. The van der Waals surface area contributed by atoms with Crippen molar-refractivity contribution >= 4 is 5.91 Å². The molecule has 0 radical (unpaired) electrons. The Morgan fingerprint density at radius 1 is 1.03 bits per heavy atom. The van der Waals surface area contributed by atoms with Crippen molar-refractivity contribution in [1.82, 2.24) is 9.80 Å². The van der Waals surface area contributed by atoms with Gasteiger partial charge < -0.3 is 14.5 Å². The van der Waals surface area contributed by atoms with E-state index in [0.717, 1.165) is 61.5 Å². The van der Waals surface area contributed by atoms with Gasteiger partial charge in [-0.3, -0.25) is 4.79 Å². The summed E-state index contributed by atoms with van der Waals surface area (Å²) in [6.07, 6.45) is -0.0171. The summed E-state index contributed by atoms with van der Waals surface area (Å²) in [6.45, 7) is 3.39. The van der Waals surface area contributed by atoms with Crippen molar-refractivity contribution in [2.24, 2.45) is 0 Å². The first-order valence-corrected chi connectivity index (χ1v) is 11.2. The third kappa shape index (κ3) is 4.93. The first-order chi connectivity index (χ1) is 15.4. The zero-order chi connectivity index (χ0) is 22.7. The average molecular weight is 447 g/mol. The maximum atomic E-state index is 13.3. The van der Waals surface area contributed by atoms with Crippen molar-refractivity contribution in [1.29, 1.82) is 0 Å². The van der Waals surface area contributed by atoms with Crippen molar-refractivity contribution in [2.45, 2.75) is 44.3 Å². The highest BCUT2D eigenvalue weighted by Gasteiger charge is 2.34. The number of rotatable bonds is 5. The number of benzene rings is 2. The molecule has 1 saturated heterocycles. The van der Waals surface area contributed by atoms with Crippen LogP contribution in [0.25, 0.3) is 0 Å². The molecule has 0 aromatic heterocycles. The number of halogens is 3. The lowest BCUT2D eigenvalue weighted by atomic mass is 9.90. The van der Waals surface area contributed by atoms with Gasteiger partial charge in [-0.05, 0) is 61.7 Å². The molecule has 32 heavy (non-hydrogen) atoms. The summed E-state index contributed by atoms with van der Waals surface area (Å²) in [5.41, 5.74) is 2.16. The van der Waals surface area contributed by atoms with E-state index in [0.29, 0.717) is 18.5 Å². The van der Waals surface area contributed by atoms with E-state index in [4.69, 9.17) is 4.74 Å². The monoisotopic (exact) mass is 446 g/mol. The summed E-state index contributed by atoms with van der Waals surface area (Å²) in [4.78, 5) is 17.6. The van der Waals surface area contributed by atoms with Crippen LogP contribution in [-0.4, -0.2) is 49.0 Å². The Bertz CT molecular complexity index is 937. The second kappa shape index (κ2) is 9.53. The van der Waals surface area contributed by atoms with Crippen LogP contribution in [-0.2, 0) is 23.8 Å². The summed E-state index contributed by atoms with van der Waals surface area (Å²) < 4.78 is 44.1. The summed E-state index contributed by atoms with van der Waals surface area (Å²) in [5, 5.41) is 0. The molecule has 1 atom stereocenters. The lowest BCUT2D eigenvalue weighted by Gasteiger charge is -2.41. The number of likely N-dealkylation sites (tertiary alicyclic amines) is 1. The molecule has 2 aliphatic heterocycles. The number of hydrogen-bond acceptors (Lipinski definition) is 3. The van der Waals surface area contributed by atoms with Gasteiger partial charge in [-0.25, -0.2) is 0 Å². The molecule has 1 amide bonds. The Morgan fingerprint density at radius 3 is 2.41 bits per heavy atom. The van der Waals surface area contributed by atoms with Gasteiger partial charge in [0.25, 0.3) is 0 Å². The van der Waals surface area contributed by atoms with Gasteiger partial charge in [-0.1, -0.05) is 30.7 Å². The quantitative estimate of drug-likeness (QED) is 0.657. The Balaban J connectivity index is 1.57. The van der Waals surface area contributed by atoms with Crippen LogP contribution in [0.3, 0.4) is 0 Å². The number of carbonyl (C=O) groups is 1. The third-order valence-electron chi connectivity index (χ3n) is 6.56. The largest absolute Gasteiger partial charge is 0.496 e. The Hall–Kier alpha value is -2.54. The zero-order valence-electron chi connectivity index (χ0n) is 18.3. The van der Waals surface area contributed by atoms with Crippen molar-refractivity contribution in [3.8, 4) is 5.75 Å². The molecular formula is C25H29F3N2O2. The van der Waals surface area contributed by atoms with E-state index in [-0.39, 0.29) is 18.4 Å². The number of ether oxygens (including phenoxy) is 1. The number of amides is 1. The van der Waals surface area contributed by atoms with Crippen LogP contribution >= 0.6 is 0 Å². The van der Waals surface area contributed by atoms with Gasteiger partial charge >= 0.3 is 6.18 Å². The molecule has 0 aliphatic carbocycles. The van der Waals surface area contributed by atoms with E-state index in [2.05, 4.69) is 11.0 Å². The Morgan fingerprint density at radius 2 is 1.75 bits per heavy atom. The van der Waals surface area contributed by atoms with Crippen LogP contribution in [0.1, 0.15) is 47.6 Å². The number of nitrogens with zero attached hydrogens (tertiary/aromatic N) is 2. The van der Waals surface area contributed by atoms with Crippen molar-refractivity contribution in [3.63, 3.8) is 0 Å². The number of piperidine rings is 1. The van der Waals surface area contributed by atoms with E-state index in [1.54, 1.807) is 7.11 Å². The van der Waals surface area contributed by atoms with Gasteiger partial charge in [-0.2, -0.15) is 13.2 Å². The molecule has 0 spiro atoms. The van der Waals surface area contributed by atoms with Gasteiger partial charge in [0.05, 0.1) is 25.1 Å². The molecule has 0 saturated carbocycles. The first-order valence-electron chi connectivity index (χ1n) is 11.2. The number of methoxy groups -OCH3 is 1. The normalized spacial score (nSPS) is 19.5. The van der Waals surface area contributed by atoms with E-state index >= 15 is 0 Å². The van der Waals surface area contributed by atoms with Crippen LogP contribution in [0.4, 0.5) is 13.2 Å². The number of carbonyl (C=O) groups excluding carboxylic acids is 1. The minimum atomic E-state index is -4.38. The van der Waals surface area contributed by atoms with E-state index in [1.807, 2.05) is 17.0 Å². The highest BCUT2D eigenvalue weighted by Crippen LogP contribution is 2.36. The molecule has 2 heterocycles. The standard InChI is InChI=1S/C25H29F3N2O2/c1-32-23-7-5-6-20-21(23)12-15-30(22(20)17-29-13-3-2-4-14-29)24(31)16-18-8-10-19(11-9-18)25(26,27)28/h5-11,22H,2-4,12-17H2,1H3. The number of fused-ring (bicyclic) bond motifs is 1. The fraction of sp³-hybridized carbons (Fsp3) is 0.480. The molecule has 1 fully saturated rings. The van der Waals surface area contributed by atoms with Crippen LogP contribution < -0.4 is 4.74 Å². The lowest BCUT2D eigenvalue weighted by Crippen LogP contribution is -2.46. The minimum absolute atomic E-state index is 0.0553. The Kier molecular flexibility index (Phi) is 6.74. The molecule has 172 valence electrons. The predicted molar refractivity (Wildman–Crippen MR) is 117 cm³/mol. The van der Waals surface area contributed by atoms with E-state index in [9.17, 15) is 18.0 Å². The van der Waals surface area contributed by atoms with E-state index < -0.39 is 11.7 Å². The highest BCUT2D eigenvalue weighted by atomic mass is 19.4. The van der Waals surface area contributed by atoms with Gasteiger partial charge in [-0.15, -0.1) is 0 Å². The molecular weight excluding hydrogens is 417 g/mol. The number of alkyl halides is 3. The molecule has 4 rings (SSSR count). The summed E-state index contributed by atoms with van der Waals surface area (Å²) in [6, 6.07) is 10.8. The Labute approximate surface area is 187 Å². The highest BCUT2D eigenvalue weighted by molar-refractivity contribution is 5.80. The topological polar surface area (TPSA) is 32.8 Å². The fourth-order valence-corrected chi connectivity index (χ4v) is 4.88. The smallest absolute Gasteiger partial charge is 0.416 e. The van der Waals surface area contributed by atoms with Gasteiger partial charge in [0.2, 0.25) is 5.91 Å². The van der Waals surface area contributed by atoms with Crippen LogP contribution in [0.2, 0.25) is 0 Å². The molecule has 0 bridgehead atoms. The molecule has 2 aliphatic rings. The van der Waals surface area contributed by atoms with Crippen LogP contribution in [0.5, 0.6) is 5.75 Å². The second-order valence-corrected chi connectivity index (χ2v) is 8.61. The average Bonchev–Trinajstić information content (AvgIpc) is 2.79. The lowest BCUT2D eigenvalue weighted by molar-refractivity contribution is -0.137. The molecule has 2 aromatic rings. The van der Waals surface area contributed by atoms with Crippen LogP contribution in [0, 0.1) is 0 Å². The molecule has 0 N–H and O–H groups in total. The zero-order valence-corrected chi connectivity index (χ0v) is 18.3. The maximum Gasteiger partial charge on any atom is 0.416 e. The molecule has 1 unspecified atom stereocenters. The van der Waals surface area contributed by atoms with Gasteiger partial charge in [0.15, 0.2) is 0 Å². The number of hydrogen-bond donors (Lipinski definition) is 0. The van der Waals surface area contributed by atoms with Crippen LogP contribution in [0.15, 0.2) is 42.5 Å².